The second-order valence-electron chi connectivity index (χ2n) is 7.46. The summed E-state index contributed by atoms with van der Waals surface area (Å²) in [5, 5.41) is 4.04. The predicted molar refractivity (Wildman–Crippen MR) is 118 cm³/mol. The standard InChI is InChI=1S/C24H31NO6/c1-5-6-7-8-9-10-11-12-18(25-31-16(2)26)17-15-21(29-3)22-19(27)13-14-20(28)23(22)24(17)30-4/h13-15H,5-12H2,1-4H3. The van der Waals surface area contributed by atoms with Crippen LogP contribution in [0.3, 0.4) is 0 Å². The Morgan fingerprint density at radius 2 is 1.52 bits per heavy atom. The van der Waals surface area contributed by atoms with Gasteiger partial charge in [0, 0.05) is 12.5 Å². The SMILES string of the molecule is CCCCCCCCCC(=NOC(C)=O)c1cc(OC)c2c(c1OC)C(=O)C=CC2=O. The normalized spacial score (nSPS) is 13.2. The zero-order valence-corrected chi connectivity index (χ0v) is 18.8. The van der Waals surface area contributed by atoms with Crippen molar-refractivity contribution in [1.82, 2.24) is 0 Å². The van der Waals surface area contributed by atoms with E-state index in [1.165, 1.54) is 59.0 Å². The molecule has 0 N–H and O–H groups in total. The zero-order valence-electron chi connectivity index (χ0n) is 18.8. The van der Waals surface area contributed by atoms with Gasteiger partial charge in [-0.2, -0.15) is 0 Å². The van der Waals surface area contributed by atoms with Gasteiger partial charge in [-0.15, -0.1) is 0 Å². The molecule has 1 aliphatic carbocycles. The number of carbonyl (C=O) groups excluding carboxylic acids is 3. The van der Waals surface area contributed by atoms with Crippen molar-refractivity contribution in [2.75, 3.05) is 14.2 Å². The molecule has 0 saturated carbocycles. The Labute approximate surface area is 183 Å². The van der Waals surface area contributed by atoms with Crippen LogP contribution in [0.2, 0.25) is 0 Å². The van der Waals surface area contributed by atoms with Crippen LogP contribution in [-0.4, -0.2) is 37.5 Å². The Morgan fingerprint density at radius 3 is 2.10 bits per heavy atom. The molecule has 0 saturated heterocycles. The average molecular weight is 430 g/mol. The topological polar surface area (TPSA) is 91.3 Å². The third-order valence-electron chi connectivity index (χ3n) is 5.16. The fourth-order valence-corrected chi connectivity index (χ4v) is 3.62. The summed E-state index contributed by atoms with van der Waals surface area (Å²) in [6, 6.07) is 1.62. The smallest absolute Gasteiger partial charge is 0.331 e. The number of methoxy groups -OCH3 is 2. The molecule has 0 spiro atoms. The van der Waals surface area contributed by atoms with Gasteiger partial charge in [0.1, 0.15) is 11.5 Å². The van der Waals surface area contributed by atoms with E-state index in [4.69, 9.17) is 14.3 Å². The first-order chi connectivity index (χ1) is 14.9. The van der Waals surface area contributed by atoms with Crippen molar-refractivity contribution in [2.45, 2.75) is 65.2 Å². The lowest BCUT2D eigenvalue weighted by molar-refractivity contribution is -0.140. The Hall–Kier alpha value is -2.96. The number of allylic oxidation sites excluding steroid dienone is 2. The van der Waals surface area contributed by atoms with E-state index < -0.39 is 5.97 Å². The molecule has 2 rings (SSSR count). The zero-order chi connectivity index (χ0) is 22.8. The van der Waals surface area contributed by atoms with Crippen LogP contribution >= 0.6 is 0 Å². The second kappa shape index (κ2) is 12.0. The molecule has 1 aromatic carbocycles. The number of hydrogen-bond acceptors (Lipinski definition) is 7. The van der Waals surface area contributed by atoms with Gasteiger partial charge in [-0.3, -0.25) is 9.59 Å². The maximum Gasteiger partial charge on any atom is 0.331 e. The van der Waals surface area contributed by atoms with Crippen molar-refractivity contribution in [1.29, 1.82) is 0 Å². The lowest BCUT2D eigenvalue weighted by Gasteiger charge is -2.20. The molecule has 168 valence electrons. The van der Waals surface area contributed by atoms with E-state index >= 15 is 0 Å². The van der Waals surface area contributed by atoms with Crippen LogP contribution in [0.1, 0.15) is 91.5 Å². The molecule has 7 heteroatoms. The van der Waals surface area contributed by atoms with E-state index in [0.717, 1.165) is 19.3 Å². The molecular weight excluding hydrogens is 398 g/mol. The summed E-state index contributed by atoms with van der Waals surface area (Å²) in [4.78, 5) is 41.3. The first kappa shape index (κ1) is 24.3. The number of ether oxygens (including phenoxy) is 2. The van der Waals surface area contributed by atoms with Crippen molar-refractivity contribution in [3.05, 3.63) is 34.9 Å². The molecule has 1 aromatic rings. The third-order valence-corrected chi connectivity index (χ3v) is 5.16. The van der Waals surface area contributed by atoms with Gasteiger partial charge in [-0.05, 0) is 31.1 Å². The van der Waals surface area contributed by atoms with Gasteiger partial charge in [-0.1, -0.05) is 50.6 Å². The van der Waals surface area contributed by atoms with Gasteiger partial charge in [0.2, 0.25) is 0 Å². The Bertz CT molecular complexity index is 885. The number of unbranched alkanes of at least 4 members (excludes halogenated alkanes) is 6. The number of rotatable bonds is 12. The summed E-state index contributed by atoms with van der Waals surface area (Å²) in [5.74, 6) is -0.748. The highest BCUT2D eigenvalue weighted by Gasteiger charge is 2.31. The first-order valence-electron chi connectivity index (χ1n) is 10.7. The van der Waals surface area contributed by atoms with Crippen molar-refractivity contribution in [2.24, 2.45) is 5.16 Å². The monoisotopic (exact) mass is 429 g/mol. The van der Waals surface area contributed by atoms with Gasteiger partial charge in [0.05, 0.1) is 31.1 Å². The lowest BCUT2D eigenvalue weighted by Crippen LogP contribution is -2.18. The van der Waals surface area contributed by atoms with E-state index in [0.29, 0.717) is 17.7 Å². The average Bonchev–Trinajstić information content (AvgIpc) is 2.76. The number of carbonyl (C=O) groups is 3. The molecule has 31 heavy (non-hydrogen) atoms. The molecule has 0 aromatic heterocycles. The molecule has 0 atom stereocenters. The minimum Gasteiger partial charge on any atom is -0.496 e. The third kappa shape index (κ3) is 6.26. The highest BCUT2D eigenvalue weighted by molar-refractivity contribution is 6.25. The second-order valence-corrected chi connectivity index (χ2v) is 7.46. The molecule has 0 fully saturated rings. The van der Waals surface area contributed by atoms with Crippen molar-refractivity contribution >= 4 is 23.2 Å². The van der Waals surface area contributed by atoms with E-state index in [2.05, 4.69) is 12.1 Å². The highest BCUT2D eigenvalue weighted by atomic mass is 16.7. The molecule has 0 radical (unpaired) electrons. The number of nitrogens with zero attached hydrogens (tertiary/aromatic N) is 1. The maximum atomic E-state index is 12.6. The molecule has 1 aliphatic rings. The van der Waals surface area contributed by atoms with Gasteiger partial charge >= 0.3 is 5.97 Å². The van der Waals surface area contributed by atoms with Crippen LogP contribution in [0.4, 0.5) is 0 Å². The molecule has 0 unspecified atom stereocenters. The van der Waals surface area contributed by atoms with Crippen molar-refractivity contribution < 1.29 is 28.7 Å². The summed E-state index contributed by atoms with van der Waals surface area (Å²) in [6.45, 7) is 3.46. The molecule has 0 aliphatic heterocycles. The van der Waals surface area contributed by atoms with Crippen LogP contribution in [0.25, 0.3) is 0 Å². The molecule has 7 nitrogen and oxygen atoms in total. The summed E-state index contributed by atoms with van der Waals surface area (Å²) in [6.07, 6.45) is 10.8. The number of benzene rings is 1. The molecule has 0 heterocycles. The number of fused-ring (bicyclic) bond motifs is 1. The minimum atomic E-state index is -0.546. The van der Waals surface area contributed by atoms with Crippen LogP contribution < -0.4 is 9.47 Å². The van der Waals surface area contributed by atoms with Gasteiger partial charge < -0.3 is 14.3 Å². The maximum absolute atomic E-state index is 12.6. The van der Waals surface area contributed by atoms with Crippen LogP contribution in [0.5, 0.6) is 11.5 Å². The van der Waals surface area contributed by atoms with E-state index in [1.807, 2.05) is 0 Å². The van der Waals surface area contributed by atoms with Crippen LogP contribution in [-0.2, 0) is 9.63 Å². The molecule has 0 amide bonds. The van der Waals surface area contributed by atoms with Gasteiger partial charge in [0.15, 0.2) is 11.6 Å². The first-order valence-corrected chi connectivity index (χ1v) is 10.7. The number of oxime groups is 1. The molecular formula is C24H31NO6. The Morgan fingerprint density at radius 1 is 0.903 bits per heavy atom. The number of hydrogen-bond donors (Lipinski definition) is 0. The summed E-state index contributed by atoms with van der Waals surface area (Å²) < 4.78 is 10.9. The van der Waals surface area contributed by atoms with Crippen LogP contribution in [0, 0.1) is 0 Å². The largest absolute Gasteiger partial charge is 0.496 e. The summed E-state index contributed by atoms with van der Waals surface area (Å²) in [7, 11) is 2.86. The van der Waals surface area contributed by atoms with E-state index in [9.17, 15) is 14.4 Å². The van der Waals surface area contributed by atoms with Crippen LogP contribution in [0.15, 0.2) is 23.4 Å². The molecule has 0 bridgehead atoms. The Balaban J connectivity index is 2.38. The van der Waals surface area contributed by atoms with E-state index in [-0.39, 0.29) is 34.2 Å². The minimum absolute atomic E-state index is 0.138. The fourth-order valence-electron chi connectivity index (χ4n) is 3.62. The van der Waals surface area contributed by atoms with E-state index in [1.54, 1.807) is 6.07 Å². The van der Waals surface area contributed by atoms with Gasteiger partial charge in [-0.25, -0.2) is 4.79 Å². The Kier molecular flexibility index (Phi) is 9.43. The lowest BCUT2D eigenvalue weighted by atomic mass is 9.88. The predicted octanol–water partition coefficient (Wildman–Crippen LogP) is 5.05. The van der Waals surface area contributed by atoms with Crippen molar-refractivity contribution in [3.63, 3.8) is 0 Å². The highest BCUT2D eigenvalue weighted by Crippen LogP contribution is 2.38. The summed E-state index contributed by atoms with van der Waals surface area (Å²) >= 11 is 0. The fraction of sp³-hybridized carbons (Fsp3) is 0.500. The number of ketones is 2. The van der Waals surface area contributed by atoms with Crippen molar-refractivity contribution in [3.8, 4) is 11.5 Å². The quantitative estimate of drug-likeness (QED) is 0.200. The summed E-state index contributed by atoms with van der Waals surface area (Å²) in [5.41, 5.74) is 1.25. The van der Waals surface area contributed by atoms with Gasteiger partial charge in [0.25, 0.3) is 0 Å².